The molecule has 0 aromatic heterocycles. The van der Waals surface area contributed by atoms with Crippen molar-refractivity contribution in [2.45, 2.75) is 6.61 Å². The number of ether oxygens (including phenoxy) is 4. The van der Waals surface area contributed by atoms with Gasteiger partial charge in [-0.15, -0.1) is 0 Å². The number of phenols is 2. The smallest absolute Gasteiger partial charge is 0.338 e. The van der Waals surface area contributed by atoms with Crippen LogP contribution in [0.15, 0.2) is 12.1 Å². The van der Waals surface area contributed by atoms with E-state index in [1.165, 1.54) is 27.4 Å². The quantitative estimate of drug-likeness (QED) is 0.433. The summed E-state index contributed by atoms with van der Waals surface area (Å²) in [6, 6.07) is 2.44. The number of hydrogen-bond acceptors (Lipinski definition) is 10. The molecule has 0 aliphatic carbocycles. The van der Waals surface area contributed by atoms with Crippen molar-refractivity contribution in [3.63, 3.8) is 0 Å². The zero-order valence-corrected chi connectivity index (χ0v) is 16.0. The first kappa shape index (κ1) is 20.1. The molecule has 29 heavy (non-hydrogen) atoms. The number of rotatable bonds is 5. The van der Waals surface area contributed by atoms with E-state index in [1.54, 1.807) is 0 Å². The molecule has 0 amide bonds. The van der Waals surface area contributed by atoms with Gasteiger partial charge in [-0.3, -0.25) is 0 Å². The number of fused-ring (bicyclic) bond motifs is 1. The number of methoxy groups -OCH3 is 4. The molecule has 1 aliphatic heterocycles. The molecule has 1 aliphatic rings. The second kappa shape index (κ2) is 7.76. The summed E-state index contributed by atoms with van der Waals surface area (Å²) in [7, 11) is 4.87. The van der Waals surface area contributed by atoms with E-state index >= 15 is 0 Å². The van der Waals surface area contributed by atoms with Crippen molar-refractivity contribution in [2.75, 3.05) is 28.4 Å². The fraction of sp³-hybridized carbons (Fsp3) is 0.263. The standard InChI is InChI=1S/C19H18O10/c1-24-16-12(10(19(23)27-4)6-11(20)14(16)21)13-9(18(22)26-3)5-8-7-28-29-15(8)17(13)25-2/h5-6,20-21H,7H2,1-4H3. The van der Waals surface area contributed by atoms with Gasteiger partial charge in [0.1, 0.15) is 6.61 Å². The molecule has 0 fully saturated rings. The number of aromatic hydroxyl groups is 2. The number of benzene rings is 2. The Morgan fingerprint density at radius 1 is 0.897 bits per heavy atom. The van der Waals surface area contributed by atoms with Gasteiger partial charge >= 0.3 is 11.9 Å². The maximum absolute atomic E-state index is 12.5. The first-order valence-corrected chi connectivity index (χ1v) is 8.22. The Balaban J connectivity index is 2.52. The van der Waals surface area contributed by atoms with Crippen molar-refractivity contribution >= 4 is 11.9 Å². The average molecular weight is 406 g/mol. The fourth-order valence-corrected chi connectivity index (χ4v) is 3.11. The van der Waals surface area contributed by atoms with Crippen molar-refractivity contribution < 1.29 is 48.5 Å². The van der Waals surface area contributed by atoms with Gasteiger partial charge < -0.3 is 34.0 Å². The van der Waals surface area contributed by atoms with Crippen molar-refractivity contribution in [1.82, 2.24) is 0 Å². The van der Waals surface area contributed by atoms with Gasteiger partial charge in [-0.25, -0.2) is 9.59 Å². The molecule has 1 heterocycles. The maximum Gasteiger partial charge on any atom is 0.338 e. The molecule has 0 saturated heterocycles. The van der Waals surface area contributed by atoms with Gasteiger partial charge in [-0.1, -0.05) is 0 Å². The SMILES string of the molecule is COC(=O)c1cc(O)c(O)c(OC)c1-c1c(C(=O)OC)cc2c(c1OC)OOC2. The first-order valence-electron chi connectivity index (χ1n) is 8.22. The summed E-state index contributed by atoms with van der Waals surface area (Å²) >= 11 is 0. The summed E-state index contributed by atoms with van der Waals surface area (Å²) < 4.78 is 20.3. The van der Waals surface area contributed by atoms with Gasteiger partial charge in [0, 0.05) is 16.7 Å². The van der Waals surface area contributed by atoms with Crippen LogP contribution in [0.1, 0.15) is 26.3 Å². The minimum atomic E-state index is -0.857. The fourth-order valence-electron chi connectivity index (χ4n) is 3.11. The summed E-state index contributed by atoms with van der Waals surface area (Å²) in [6.07, 6.45) is 0. The third-order valence-corrected chi connectivity index (χ3v) is 4.37. The number of carbonyl (C=O) groups excluding carboxylic acids is 2. The molecule has 0 atom stereocenters. The summed E-state index contributed by atoms with van der Waals surface area (Å²) in [6.45, 7) is 0.0534. The van der Waals surface area contributed by atoms with Gasteiger partial charge in [0.2, 0.25) is 11.5 Å². The molecular formula is C19H18O10. The van der Waals surface area contributed by atoms with Crippen LogP contribution in [0.5, 0.6) is 28.7 Å². The predicted octanol–water partition coefficient (Wildman–Crippen LogP) is 2.18. The lowest BCUT2D eigenvalue weighted by atomic mass is 9.90. The Morgan fingerprint density at radius 3 is 2.00 bits per heavy atom. The molecule has 0 spiro atoms. The lowest BCUT2D eigenvalue weighted by Gasteiger charge is -2.20. The molecule has 0 bridgehead atoms. The van der Waals surface area contributed by atoms with Crippen molar-refractivity contribution in [3.8, 4) is 39.9 Å². The van der Waals surface area contributed by atoms with Crippen LogP contribution in [0.25, 0.3) is 11.1 Å². The molecule has 0 saturated carbocycles. The second-order valence-corrected chi connectivity index (χ2v) is 5.85. The minimum Gasteiger partial charge on any atom is -0.504 e. The predicted molar refractivity (Wildman–Crippen MR) is 96.4 cm³/mol. The molecule has 2 aromatic rings. The highest BCUT2D eigenvalue weighted by Crippen LogP contribution is 2.53. The number of esters is 2. The molecule has 3 rings (SSSR count). The highest BCUT2D eigenvalue weighted by Gasteiger charge is 2.34. The van der Waals surface area contributed by atoms with Gasteiger partial charge in [-0.05, 0) is 12.1 Å². The van der Waals surface area contributed by atoms with Crippen LogP contribution in [0.4, 0.5) is 0 Å². The van der Waals surface area contributed by atoms with Crippen LogP contribution in [0.2, 0.25) is 0 Å². The Bertz CT molecular complexity index is 995. The Labute approximate surface area is 165 Å². The number of hydrogen-bond donors (Lipinski definition) is 2. The third-order valence-electron chi connectivity index (χ3n) is 4.37. The highest BCUT2D eigenvalue weighted by molar-refractivity contribution is 6.08. The topological polar surface area (TPSA) is 130 Å². The lowest BCUT2D eigenvalue weighted by Crippen LogP contribution is -2.11. The summed E-state index contributed by atoms with van der Waals surface area (Å²) in [5.74, 6) is -2.94. The van der Waals surface area contributed by atoms with E-state index < -0.39 is 23.4 Å². The first-order chi connectivity index (χ1) is 13.9. The average Bonchev–Trinajstić information content (AvgIpc) is 3.21. The van der Waals surface area contributed by atoms with Crippen molar-refractivity contribution in [1.29, 1.82) is 0 Å². The second-order valence-electron chi connectivity index (χ2n) is 5.85. The monoisotopic (exact) mass is 406 g/mol. The van der Waals surface area contributed by atoms with Crippen LogP contribution in [-0.4, -0.2) is 50.6 Å². The normalized spacial score (nSPS) is 12.0. The lowest BCUT2D eigenvalue weighted by molar-refractivity contribution is -0.195. The summed E-state index contributed by atoms with van der Waals surface area (Å²) in [4.78, 5) is 35.1. The molecule has 0 radical (unpaired) electrons. The van der Waals surface area contributed by atoms with E-state index in [0.717, 1.165) is 13.2 Å². The van der Waals surface area contributed by atoms with E-state index in [2.05, 4.69) is 0 Å². The Kier molecular flexibility index (Phi) is 5.37. The maximum atomic E-state index is 12.5. The van der Waals surface area contributed by atoms with Crippen LogP contribution < -0.4 is 14.4 Å². The van der Waals surface area contributed by atoms with E-state index in [9.17, 15) is 19.8 Å². The molecule has 154 valence electrons. The van der Waals surface area contributed by atoms with E-state index in [0.29, 0.717) is 5.56 Å². The molecule has 10 nitrogen and oxygen atoms in total. The molecule has 10 heteroatoms. The van der Waals surface area contributed by atoms with Crippen LogP contribution in [0.3, 0.4) is 0 Å². The number of phenolic OH excluding ortho intramolecular Hbond substituents is 2. The van der Waals surface area contributed by atoms with Crippen LogP contribution >= 0.6 is 0 Å². The van der Waals surface area contributed by atoms with Crippen LogP contribution in [-0.2, 0) is 21.0 Å². The molecule has 2 aromatic carbocycles. The minimum absolute atomic E-state index is 0.00857. The largest absolute Gasteiger partial charge is 0.504 e. The van der Waals surface area contributed by atoms with E-state index in [4.69, 9.17) is 28.7 Å². The highest BCUT2D eigenvalue weighted by atomic mass is 17.2. The molecule has 2 N–H and O–H groups in total. The van der Waals surface area contributed by atoms with Gasteiger partial charge in [0.25, 0.3) is 0 Å². The Morgan fingerprint density at radius 2 is 1.45 bits per heavy atom. The van der Waals surface area contributed by atoms with Gasteiger partial charge in [0.15, 0.2) is 17.2 Å². The summed E-state index contributed by atoms with van der Waals surface area (Å²) in [5.41, 5.74) is 0.265. The molecule has 0 unspecified atom stereocenters. The van der Waals surface area contributed by atoms with Crippen molar-refractivity contribution in [2.24, 2.45) is 0 Å². The molecular weight excluding hydrogens is 388 g/mol. The summed E-state index contributed by atoms with van der Waals surface area (Å²) in [5, 5.41) is 20.4. The zero-order chi connectivity index (χ0) is 21.3. The third kappa shape index (κ3) is 3.13. The zero-order valence-electron chi connectivity index (χ0n) is 16.0. The Hall–Kier alpha value is -3.66. The van der Waals surface area contributed by atoms with E-state index in [1.807, 2.05) is 0 Å². The van der Waals surface area contributed by atoms with Gasteiger partial charge in [-0.2, -0.15) is 4.89 Å². The van der Waals surface area contributed by atoms with E-state index in [-0.39, 0.29) is 46.1 Å². The van der Waals surface area contributed by atoms with Crippen LogP contribution in [0, 0.1) is 0 Å². The van der Waals surface area contributed by atoms with Crippen molar-refractivity contribution in [3.05, 3.63) is 28.8 Å². The number of carbonyl (C=O) groups is 2. The van der Waals surface area contributed by atoms with Gasteiger partial charge in [0.05, 0.1) is 39.6 Å².